The Kier molecular flexibility index (Phi) is 5.29. The van der Waals surface area contributed by atoms with Crippen LogP contribution in [-0.2, 0) is 20.8 Å². The van der Waals surface area contributed by atoms with E-state index in [1.54, 1.807) is 23.0 Å². The maximum Gasteiger partial charge on any atom is 0.338 e. The predicted molar refractivity (Wildman–Crippen MR) is 90.4 cm³/mol. The second kappa shape index (κ2) is 7.63. The van der Waals surface area contributed by atoms with Gasteiger partial charge in [0, 0.05) is 38.1 Å². The Labute approximate surface area is 149 Å². The normalized spacial score (nSPS) is 16.6. The van der Waals surface area contributed by atoms with Gasteiger partial charge in [0.25, 0.3) is 5.69 Å². The molecule has 1 aliphatic rings. The molecule has 1 aromatic heterocycles. The molecule has 0 N–H and O–H groups in total. The molecule has 0 spiro atoms. The van der Waals surface area contributed by atoms with E-state index in [1.165, 1.54) is 20.3 Å². The number of benzene rings is 1. The van der Waals surface area contributed by atoms with E-state index >= 15 is 0 Å². The Morgan fingerprint density at radius 1 is 1.46 bits per heavy atom. The van der Waals surface area contributed by atoms with Gasteiger partial charge in [0.05, 0.1) is 30.8 Å². The number of esters is 1. The molecule has 3 rings (SSSR count). The average Bonchev–Trinajstić information content (AvgIpc) is 3.31. The second-order valence-electron chi connectivity index (χ2n) is 5.90. The highest BCUT2D eigenvalue weighted by Gasteiger charge is 2.28. The number of nitrogens with zero attached hydrogens (tertiary/aromatic N) is 3. The number of hydrogen-bond donors (Lipinski definition) is 0. The van der Waals surface area contributed by atoms with Gasteiger partial charge in [-0.05, 0) is 18.1 Å². The fourth-order valence-electron chi connectivity index (χ4n) is 3.09. The number of carbonyl (C=O) groups excluding carboxylic acids is 1. The highest BCUT2D eigenvalue weighted by atomic mass is 16.6. The van der Waals surface area contributed by atoms with Gasteiger partial charge in [-0.25, -0.2) is 9.78 Å². The van der Waals surface area contributed by atoms with Crippen molar-refractivity contribution in [3.8, 4) is 5.69 Å². The van der Waals surface area contributed by atoms with Crippen LogP contribution in [0.5, 0.6) is 0 Å². The molecule has 9 nitrogen and oxygen atoms in total. The molecule has 0 bridgehead atoms. The van der Waals surface area contributed by atoms with E-state index in [4.69, 9.17) is 14.2 Å². The molecule has 1 unspecified atom stereocenters. The van der Waals surface area contributed by atoms with E-state index in [-0.39, 0.29) is 23.8 Å². The lowest BCUT2D eigenvalue weighted by molar-refractivity contribution is -0.384. The fraction of sp³-hybridized carbons (Fsp3) is 0.412. The minimum absolute atomic E-state index is 0.0655. The lowest BCUT2D eigenvalue weighted by atomic mass is 10.0. The third kappa shape index (κ3) is 3.31. The topological polar surface area (TPSA) is 106 Å². The van der Waals surface area contributed by atoms with Gasteiger partial charge in [0.2, 0.25) is 0 Å². The van der Waals surface area contributed by atoms with Crippen LogP contribution in [0, 0.1) is 10.1 Å². The van der Waals surface area contributed by atoms with Gasteiger partial charge in [-0.3, -0.25) is 14.7 Å². The largest absolute Gasteiger partial charge is 0.465 e. The van der Waals surface area contributed by atoms with Crippen LogP contribution in [-0.4, -0.2) is 47.9 Å². The van der Waals surface area contributed by atoms with E-state index in [0.29, 0.717) is 30.3 Å². The van der Waals surface area contributed by atoms with Crippen molar-refractivity contribution < 1.29 is 23.9 Å². The molecule has 2 aromatic rings. The molecule has 2 heterocycles. The summed E-state index contributed by atoms with van der Waals surface area (Å²) < 4.78 is 17.0. The zero-order chi connectivity index (χ0) is 18.7. The summed E-state index contributed by atoms with van der Waals surface area (Å²) in [5.74, 6) is 0.109. The predicted octanol–water partition coefficient (Wildman–Crippen LogP) is 2.22. The SMILES string of the molecule is COCc1cc(-n2ccnc2C2CCOC2)c([N+](=O)[O-])cc1C(=O)OC. The van der Waals surface area contributed by atoms with Crippen LogP contribution >= 0.6 is 0 Å². The van der Waals surface area contributed by atoms with Crippen molar-refractivity contribution >= 4 is 11.7 Å². The number of methoxy groups -OCH3 is 2. The number of imidazole rings is 1. The first-order valence-corrected chi connectivity index (χ1v) is 8.06. The van der Waals surface area contributed by atoms with Crippen LogP contribution in [0.2, 0.25) is 0 Å². The van der Waals surface area contributed by atoms with E-state index in [2.05, 4.69) is 4.98 Å². The summed E-state index contributed by atoms with van der Waals surface area (Å²) in [6, 6.07) is 2.80. The van der Waals surface area contributed by atoms with Crippen LogP contribution < -0.4 is 0 Å². The second-order valence-corrected chi connectivity index (χ2v) is 5.90. The number of hydrogen-bond acceptors (Lipinski definition) is 7. The van der Waals surface area contributed by atoms with Crippen molar-refractivity contribution in [1.29, 1.82) is 0 Å². The summed E-state index contributed by atoms with van der Waals surface area (Å²) >= 11 is 0. The summed E-state index contributed by atoms with van der Waals surface area (Å²) in [4.78, 5) is 27.5. The highest BCUT2D eigenvalue weighted by molar-refractivity contribution is 5.92. The average molecular weight is 361 g/mol. The fourth-order valence-corrected chi connectivity index (χ4v) is 3.09. The minimum Gasteiger partial charge on any atom is -0.465 e. The molecule has 0 saturated carbocycles. The maximum atomic E-state index is 12.0. The van der Waals surface area contributed by atoms with Gasteiger partial charge in [0.15, 0.2) is 0 Å². The molecule has 26 heavy (non-hydrogen) atoms. The van der Waals surface area contributed by atoms with Crippen LogP contribution in [0.25, 0.3) is 5.69 Å². The molecule has 1 aromatic carbocycles. The van der Waals surface area contributed by atoms with Crippen LogP contribution in [0.4, 0.5) is 5.69 Å². The van der Waals surface area contributed by atoms with Gasteiger partial charge in [0.1, 0.15) is 11.5 Å². The van der Waals surface area contributed by atoms with E-state index < -0.39 is 10.9 Å². The molecular weight excluding hydrogens is 342 g/mol. The molecule has 1 saturated heterocycles. The van der Waals surface area contributed by atoms with Gasteiger partial charge in [-0.15, -0.1) is 0 Å². The Hall–Kier alpha value is -2.78. The number of aromatic nitrogens is 2. The monoisotopic (exact) mass is 361 g/mol. The Morgan fingerprint density at radius 3 is 2.88 bits per heavy atom. The molecule has 0 radical (unpaired) electrons. The minimum atomic E-state index is -0.651. The number of ether oxygens (including phenoxy) is 3. The first-order valence-electron chi connectivity index (χ1n) is 8.06. The molecule has 1 atom stereocenters. The number of rotatable bonds is 6. The van der Waals surface area contributed by atoms with Crippen molar-refractivity contribution in [3.05, 3.63) is 51.6 Å². The molecule has 1 aliphatic heterocycles. The standard InChI is InChI=1S/C17H19N3O6/c1-24-9-12-7-14(15(20(22)23)8-13(12)17(21)25-2)19-5-4-18-16(19)11-3-6-26-10-11/h4-5,7-8,11H,3,6,9-10H2,1-2H3. The molecule has 1 fully saturated rings. The zero-order valence-corrected chi connectivity index (χ0v) is 14.5. The van der Waals surface area contributed by atoms with Crippen LogP contribution in [0.15, 0.2) is 24.5 Å². The molecule has 138 valence electrons. The smallest absolute Gasteiger partial charge is 0.338 e. The van der Waals surface area contributed by atoms with E-state index in [9.17, 15) is 14.9 Å². The summed E-state index contributed by atoms with van der Waals surface area (Å²) in [5.41, 5.74) is 0.732. The van der Waals surface area contributed by atoms with Crippen molar-refractivity contribution in [2.75, 3.05) is 27.4 Å². The number of nitro benzene ring substituents is 1. The molecule has 0 aliphatic carbocycles. The van der Waals surface area contributed by atoms with Crippen molar-refractivity contribution in [3.63, 3.8) is 0 Å². The lowest BCUT2D eigenvalue weighted by Gasteiger charge is -2.15. The Bertz CT molecular complexity index is 826. The third-order valence-electron chi connectivity index (χ3n) is 4.33. The van der Waals surface area contributed by atoms with Crippen molar-refractivity contribution in [1.82, 2.24) is 9.55 Å². The maximum absolute atomic E-state index is 12.0. The Morgan fingerprint density at radius 2 is 2.27 bits per heavy atom. The molecule has 9 heteroatoms. The number of nitro groups is 1. The molecule has 0 amide bonds. The Balaban J connectivity index is 2.17. The van der Waals surface area contributed by atoms with Gasteiger partial charge in [-0.1, -0.05) is 0 Å². The van der Waals surface area contributed by atoms with Crippen LogP contribution in [0.1, 0.15) is 34.1 Å². The first-order chi connectivity index (χ1) is 12.6. The van der Waals surface area contributed by atoms with Gasteiger partial charge >= 0.3 is 5.97 Å². The summed E-state index contributed by atoms with van der Waals surface area (Å²) in [6.07, 6.45) is 4.07. The lowest BCUT2D eigenvalue weighted by Crippen LogP contribution is -2.13. The third-order valence-corrected chi connectivity index (χ3v) is 4.33. The van der Waals surface area contributed by atoms with E-state index in [0.717, 1.165) is 6.42 Å². The van der Waals surface area contributed by atoms with Gasteiger partial charge in [-0.2, -0.15) is 0 Å². The summed E-state index contributed by atoms with van der Waals surface area (Å²) in [5, 5.41) is 11.6. The van der Waals surface area contributed by atoms with Gasteiger partial charge < -0.3 is 14.2 Å². The summed E-state index contributed by atoms with van der Waals surface area (Å²) in [6.45, 7) is 1.28. The number of carbonyl (C=O) groups is 1. The molecular formula is C17H19N3O6. The summed E-state index contributed by atoms with van der Waals surface area (Å²) in [7, 11) is 2.72. The van der Waals surface area contributed by atoms with Crippen molar-refractivity contribution in [2.45, 2.75) is 18.9 Å². The highest BCUT2D eigenvalue weighted by Crippen LogP contribution is 2.32. The van der Waals surface area contributed by atoms with E-state index in [1.807, 2.05) is 0 Å². The first kappa shape index (κ1) is 18.0. The van der Waals surface area contributed by atoms with Crippen molar-refractivity contribution in [2.24, 2.45) is 0 Å². The quantitative estimate of drug-likeness (QED) is 0.441. The zero-order valence-electron chi connectivity index (χ0n) is 14.5. The van der Waals surface area contributed by atoms with Crippen LogP contribution in [0.3, 0.4) is 0 Å².